The third-order valence-corrected chi connectivity index (χ3v) is 9.00. The Bertz CT molecular complexity index is 1640. The van der Waals surface area contributed by atoms with Crippen LogP contribution in [0.3, 0.4) is 0 Å². The van der Waals surface area contributed by atoms with Gasteiger partial charge in [-0.05, 0) is 82.1 Å². The van der Waals surface area contributed by atoms with Crippen molar-refractivity contribution < 1.29 is 9.18 Å². The quantitative estimate of drug-likeness (QED) is 0.320. The summed E-state index contributed by atoms with van der Waals surface area (Å²) in [4.78, 5) is 42.4. The van der Waals surface area contributed by atoms with Crippen LogP contribution in [0.25, 0.3) is 22.2 Å². The first-order chi connectivity index (χ1) is 20.9. The molecule has 2 N–H and O–H groups in total. The number of piperazine rings is 1. The summed E-state index contributed by atoms with van der Waals surface area (Å²) in [7, 11) is 4.39. The maximum atomic E-state index is 14.7. The standard InChI is InChI=1S/C25H23FN6O2.C8H15N/c1-31-8-10-32(11-9-31)17-3-5-23(28-14-17)30-22-13-21(18-4-2-16(15-33)12-19(18)26)29-20-6-7-27-25(34)24(20)22;1-9-6-7-2-4-8(9)5-3-7/h2-7,12-15H,8-11H2,1H3,(H,27,34)(H,28,29,30);7-8H,2-6H2,1H3. The lowest BCUT2D eigenvalue weighted by molar-refractivity contribution is 0.0727. The van der Waals surface area contributed by atoms with Crippen LogP contribution in [0.2, 0.25) is 0 Å². The van der Waals surface area contributed by atoms with E-state index in [1.807, 2.05) is 12.1 Å². The summed E-state index contributed by atoms with van der Waals surface area (Å²) in [6, 6.07) is 12.3. The average Bonchev–Trinajstić information content (AvgIpc) is 3.02. The molecule has 1 saturated carbocycles. The Morgan fingerprint density at radius 3 is 2.40 bits per heavy atom. The van der Waals surface area contributed by atoms with Gasteiger partial charge in [0.2, 0.25) is 0 Å². The Balaban J connectivity index is 0.000000310. The van der Waals surface area contributed by atoms with Gasteiger partial charge in [-0.15, -0.1) is 0 Å². The van der Waals surface area contributed by atoms with Crippen molar-refractivity contribution in [3.05, 3.63) is 76.6 Å². The summed E-state index contributed by atoms with van der Waals surface area (Å²) in [6.07, 6.45) is 9.86. The van der Waals surface area contributed by atoms with E-state index in [1.54, 1.807) is 18.3 Å². The molecule has 0 atom stereocenters. The number of nitrogens with one attached hydrogen (secondary N) is 2. The number of hydrogen-bond donors (Lipinski definition) is 2. The number of aromatic amines is 1. The molecule has 9 nitrogen and oxygen atoms in total. The van der Waals surface area contributed by atoms with Crippen LogP contribution in [0, 0.1) is 11.7 Å². The van der Waals surface area contributed by atoms with Crippen LogP contribution >= 0.6 is 0 Å². The number of anilines is 3. The summed E-state index contributed by atoms with van der Waals surface area (Å²) in [5, 5.41) is 3.55. The van der Waals surface area contributed by atoms with Gasteiger partial charge in [-0.25, -0.2) is 14.4 Å². The van der Waals surface area contributed by atoms with Gasteiger partial charge in [0.05, 0.1) is 34.2 Å². The summed E-state index contributed by atoms with van der Waals surface area (Å²) >= 11 is 0. The fourth-order valence-corrected chi connectivity index (χ4v) is 6.42. The van der Waals surface area contributed by atoms with Gasteiger partial charge in [0.15, 0.2) is 0 Å². The fourth-order valence-electron chi connectivity index (χ4n) is 6.42. The minimum atomic E-state index is -0.568. The van der Waals surface area contributed by atoms with Crippen LogP contribution in [0.1, 0.15) is 36.0 Å². The Morgan fingerprint density at radius 2 is 1.79 bits per heavy atom. The third-order valence-electron chi connectivity index (χ3n) is 9.00. The van der Waals surface area contributed by atoms with E-state index >= 15 is 0 Å². The molecular formula is C33H38FN7O2. The summed E-state index contributed by atoms with van der Waals surface area (Å²) in [5.41, 5.74) is 2.40. The smallest absolute Gasteiger partial charge is 0.259 e. The van der Waals surface area contributed by atoms with Gasteiger partial charge in [0.1, 0.15) is 17.9 Å². The first kappa shape index (κ1) is 28.9. The number of halogens is 1. The van der Waals surface area contributed by atoms with Crippen molar-refractivity contribution >= 4 is 34.4 Å². The van der Waals surface area contributed by atoms with E-state index in [2.05, 4.69) is 49.1 Å². The molecule has 4 aliphatic rings. The normalized spacial score (nSPS) is 20.5. The van der Waals surface area contributed by atoms with Gasteiger partial charge in [-0.2, -0.15) is 0 Å². The molecule has 4 aromatic rings. The average molecular weight is 584 g/mol. The lowest BCUT2D eigenvalue weighted by Crippen LogP contribution is -2.45. The molecule has 3 saturated heterocycles. The van der Waals surface area contributed by atoms with Crippen molar-refractivity contribution in [2.45, 2.75) is 31.7 Å². The summed E-state index contributed by atoms with van der Waals surface area (Å²) in [6.45, 7) is 5.25. The molecule has 224 valence electrons. The molecule has 8 rings (SSSR count). The Labute approximate surface area is 250 Å². The van der Waals surface area contributed by atoms with Crippen molar-refractivity contribution in [2.24, 2.45) is 5.92 Å². The molecular weight excluding hydrogens is 545 g/mol. The molecule has 6 heterocycles. The zero-order chi connectivity index (χ0) is 29.9. The number of aldehydes is 1. The monoisotopic (exact) mass is 583 g/mol. The molecule has 4 fully saturated rings. The Morgan fingerprint density at radius 1 is 1.00 bits per heavy atom. The topological polar surface area (TPSA) is 97.5 Å². The number of benzene rings is 1. The fraction of sp³-hybridized carbons (Fsp3) is 0.394. The van der Waals surface area contributed by atoms with Gasteiger partial charge >= 0.3 is 0 Å². The maximum Gasteiger partial charge on any atom is 0.259 e. The number of carbonyl (C=O) groups is 1. The molecule has 1 aromatic carbocycles. The zero-order valence-electron chi connectivity index (χ0n) is 24.7. The van der Waals surface area contributed by atoms with Crippen LogP contribution in [0.5, 0.6) is 0 Å². The number of pyridine rings is 3. The number of nitrogens with zero attached hydrogens (tertiary/aromatic N) is 5. The highest BCUT2D eigenvalue weighted by Crippen LogP contribution is 2.33. The number of carbonyl (C=O) groups excluding carboxylic acids is 1. The first-order valence-corrected chi connectivity index (χ1v) is 15.0. The van der Waals surface area contributed by atoms with E-state index in [9.17, 15) is 14.0 Å². The highest BCUT2D eigenvalue weighted by Gasteiger charge is 2.30. The molecule has 10 heteroatoms. The van der Waals surface area contributed by atoms with Crippen LogP contribution in [0.15, 0.2) is 59.7 Å². The molecule has 43 heavy (non-hydrogen) atoms. The van der Waals surface area contributed by atoms with Crippen LogP contribution in [-0.2, 0) is 0 Å². The van der Waals surface area contributed by atoms with E-state index in [0.717, 1.165) is 49.9 Å². The van der Waals surface area contributed by atoms with Crippen molar-refractivity contribution in [1.29, 1.82) is 0 Å². The van der Waals surface area contributed by atoms with Crippen molar-refractivity contribution in [2.75, 3.05) is 57.0 Å². The number of piperidine rings is 2. The molecule has 0 spiro atoms. The van der Waals surface area contributed by atoms with Gasteiger partial charge in [-0.3, -0.25) is 9.59 Å². The van der Waals surface area contributed by atoms with E-state index in [-0.39, 0.29) is 16.7 Å². The summed E-state index contributed by atoms with van der Waals surface area (Å²) in [5.74, 6) is 1.04. The van der Waals surface area contributed by atoms with E-state index < -0.39 is 5.82 Å². The Kier molecular flexibility index (Phi) is 8.49. The Hall–Kier alpha value is -4.15. The number of fused-ring (bicyclic) bond motifs is 4. The van der Waals surface area contributed by atoms with E-state index in [0.29, 0.717) is 34.4 Å². The second-order valence-corrected chi connectivity index (χ2v) is 11.9. The molecule has 0 radical (unpaired) electrons. The lowest BCUT2D eigenvalue weighted by Gasteiger charge is -2.43. The number of H-pyrrole nitrogens is 1. The van der Waals surface area contributed by atoms with E-state index in [4.69, 9.17) is 0 Å². The van der Waals surface area contributed by atoms with Gasteiger partial charge in [0, 0.05) is 56.1 Å². The van der Waals surface area contributed by atoms with Crippen molar-refractivity contribution in [3.63, 3.8) is 0 Å². The largest absolute Gasteiger partial charge is 0.368 e. The number of aromatic nitrogens is 3. The highest BCUT2D eigenvalue weighted by atomic mass is 19.1. The number of likely N-dealkylation sites (N-methyl/N-ethyl adjacent to an activating group) is 1. The minimum absolute atomic E-state index is 0.231. The van der Waals surface area contributed by atoms with Crippen molar-refractivity contribution in [1.82, 2.24) is 24.8 Å². The number of hydrogen-bond acceptors (Lipinski definition) is 8. The SMILES string of the molecule is CN1CC2CCC1CC2.CN1CCN(c2ccc(Nc3cc(-c4ccc(C=O)cc4F)nc4cc[nH]c(=O)c34)nc2)CC1. The summed E-state index contributed by atoms with van der Waals surface area (Å²) < 4.78 is 14.7. The van der Waals surface area contributed by atoms with Crippen LogP contribution < -0.4 is 15.8 Å². The molecule has 1 aliphatic carbocycles. The minimum Gasteiger partial charge on any atom is -0.368 e. The van der Waals surface area contributed by atoms with Gasteiger partial charge in [0.25, 0.3) is 5.56 Å². The second kappa shape index (κ2) is 12.6. The first-order valence-electron chi connectivity index (χ1n) is 15.0. The maximum absolute atomic E-state index is 14.7. The highest BCUT2D eigenvalue weighted by molar-refractivity contribution is 5.94. The predicted octanol–water partition coefficient (Wildman–Crippen LogP) is 4.92. The lowest BCUT2D eigenvalue weighted by atomic mass is 9.80. The van der Waals surface area contributed by atoms with Gasteiger partial charge in [-0.1, -0.05) is 6.07 Å². The van der Waals surface area contributed by atoms with Crippen LogP contribution in [0.4, 0.5) is 21.6 Å². The molecule has 3 aliphatic heterocycles. The third kappa shape index (κ3) is 6.45. The molecule has 3 aromatic heterocycles. The van der Waals surface area contributed by atoms with Crippen LogP contribution in [-0.4, -0.2) is 83.9 Å². The predicted molar refractivity (Wildman–Crippen MR) is 169 cm³/mol. The number of rotatable bonds is 5. The molecule has 2 bridgehead atoms. The zero-order valence-corrected chi connectivity index (χ0v) is 24.7. The molecule has 0 unspecified atom stereocenters. The van der Waals surface area contributed by atoms with Crippen molar-refractivity contribution in [3.8, 4) is 11.3 Å². The molecule has 0 amide bonds. The van der Waals surface area contributed by atoms with E-state index in [1.165, 1.54) is 50.6 Å². The second-order valence-electron chi connectivity index (χ2n) is 11.9. The van der Waals surface area contributed by atoms with Gasteiger partial charge < -0.3 is 25.0 Å².